The van der Waals surface area contributed by atoms with Crippen molar-refractivity contribution < 1.29 is 9.53 Å². The topological polar surface area (TPSA) is 118 Å². The first-order valence-corrected chi connectivity index (χ1v) is 10.5. The summed E-state index contributed by atoms with van der Waals surface area (Å²) in [6.07, 6.45) is 6.52. The molecule has 0 saturated heterocycles. The summed E-state index contributed by atoms with van der Waals surface area (Å²) in [4.78, 5) is 18.9. The predicted octanol–water partition coefficient (Wildman–Crippen LogP) is 0.353. The van der Waals surface area contributed by atoms with Crippen LogP contribution in [-0.4, -0.2) is 55.7 Å². The Bertz CT molecular complexity index is 853. The van der Waals surface area contributed by atoms with Gasteiger partial charge in [-0.2, -0.15) is 0 Å². The second kappa shape index (κ2) is 9.32. The third-order valence-corrected chi connectivity index (χ3v) is 5.84. The molecule has 1 amide bonds. The van der Waals surface area contributed by atoms with Gasteiger partial charge >= 0.3 is 0 Å². The zero-order chi connectivity index (χ0) is 20.9. The van der Waals surface area contributed by atoms with Crippen LogP contribution in [-0.2, 0) is 22.4 Å². The van der Waals surface area contributed by atoms with Crippen LogP contribution in [0.3, 0.4) is 0 Å². The number of carbonyl (C=O) groups excluding carboxylic acids is 1. The molecule has 0 aromatic heterocycles. The number of hydrogen-bond donors (Lipinski definition) is 4. The Morgan fingerprint density at radius 3 is 2.83 bits per heavy atom. The van der Waals surface area contributed by atoms with E-state index in [0.29, 0.717) is 37.9 Å². The van der Waals surface area contributed by atoms with Crippen molar-refractivity contribution in [3.63, 3.8) is 0 Å². The average Bonchev–Trinajstić information content (AvgIpc) is 3.18. The predicted molar refractivity (Wildman–Crippen MR) is 116 cm³/mol. The van der Waals surface area contributed by atoms with E-state index in [4.69, 9.17) is 16.2 Å². The minimum atomic E-state index is -0.116. The number of aliphatic imine (C=N–C) groups is 1. The summed E-state index contributed by atoms with van der Waals surface area (Å²) in [6, 6.07) is 9.00. The SMILES string of the molecule is N/C=C(\N)CCOCC(=O)N1CCC2=C(C=NC(NC3Cc4ccccc4C3)N2)C1. The molecule has 3 aliphatic rings. The Labute approximate surface area is 177 Å². The summed E-state index contributed by atoms with van der Waals surface area (Å²) >= 11 is 0. The molecular formula is C22H30N6O2. The first kappa shape index (κ1) is 20.4. The Morgan fingerprint density at radius 2 is 2.10 bits per heavy atom. The number of hydrogen-bond acceptors (Lipinski definition) is 7. The Hall–Kier alpha value is -2.84. The van der Waals surface area contributed by atoms with E-state index >= 15 is 0 Å². The van der Waals surface area contributed by atoms with Crippen LogP contribution in [0.4, 0.5) is 0 Å². The van der Waals surface area contributed by atoms with Crippen LogP contribution in [0.2, 0.25) is 0 Å². The van der Waals surface area contributed by atoms with Gasteiger partial charge in [-0.05, 0) is 24.0 Å². The largest absolute Gasteiger partial charge is 0.403 e. The van der Waals surface area contributed by atoms with Crippen molar-refractivity contribution in [3.05, 3.63) is 58.6 Å². The van der Waals surface area contributed by atoms with Gasteiger partial charge in [-0.15, -0.1) is 0 Å². The number of nitrogens with zero attached hydrogens (tertiary/aromatic N) is 2. The summed E-state index contributed by atoms with van der Waals surface area (Å²) in [7, 11) is 0. The molecular weight excluding hydrogens is 380 g/mol. The van der Waals surface area contributed by atoms with Crippen LogP contribution in [0.25, 0.3) is 0 Å². The number of benzene rings is 1. The van der Waals surface area contributed by atoms with Crippen LogP contribution in [0.5, 0.6) is 0 Å². The van der Waals surface area contributed by atoms with Crippen molar-refractivity contribution in [3.8, 4) is 0 Å². The van der Waals surface area contributed by atoms with Crippen LogP contribution < -0.4 is 22.1 Å². The maximum Gasteiger partial charge on any atom is 0.248 e. The fraction of sp³-hybridized carbons (Fsp3) is 0.455. The maximum atomic E-state index is 12.4. The zero-order valence-corrected chi connectivity index (χ0v) is 17.1. The minimum Gasteiger partial charge on any atom is -0.403 e. The van der Waals surface area contributed by atoms with Crippen molar-refractivity contribution in [2.45, 2.75) is 38.0 Å². The smallest absolute Gasteiger partial charge is 0.248 e. The van der Waals surface area contributed by atoms with E-state index in [1.54, 1.807) is 0 Å². The van der Waals surface area contributed by atoms with Crippen LogP contribution in [0, 0.1) is 0 Å². The van der Waals surface area contributed by atoms with Crippen molar-refractivity contribution >= 4 is 12.1 Å². The molecule has 160 valence electrons. The molecule has 8 nitrogen and oxygen atoms in total. The molecule has 0 saturated carbocycles. The third-order valence-electron chi connectivity index (χ3n) is 5.84. The molecule has 0 radical (unpaired) electrons. The minimum absolute atomic E-state index is 0.0192. The van der Waals surface area contributed by atoms with Crippen molar-refractivity contribution in [2.24, 2.45) is 16.5 Å². The molecule has 1 aromatic carbocycles. The number of ether oxygens (including phenoxy) is 1. The summed E-state index contributed by atoms with van der Waals surface area (Å²) in [5.74, 6) is -0.0192. The molecule has 1 unspecified atom stereocenters. The summed E-state index contributed by atoms with van der Waals surface area (Å²) in [5.41, 5.74) is 16.6. The normalized spacial score (nSPS) is 21.4. The first-order valence-electron chi connectivity index (χ1n) is 10.5. The van der Waals surface area contributed by atoms with E-state index in [1.165, 1.54) is 23.0 Å². The van der Waals surface area contributed by atoms with Gasteiger partial charge in [0, 0.05) is 61.4 Å². The van der Waals surface area contributed by atoms with E-state index < -0.39 is 0 Å². The van der Waals surface area contributed by atoms with Gasteiger partial charge in [-0.3, -0.25) is 15.1 Å². The highest BCUT2D eigenvalue weighted by Crippen LogP contribution is 2.23. The van der Waals surface area contributed by atoms with Crippen molar-refractivity contribution in [2.75, 3.05) is 26.3 Å². The van der Waals surface area contributed by atoms with Gasteiger partial charge in [-0.25, -0.2) is 0 Å². The van der Waals surface area contributed by atoms with Crippen LogP contribution >= 0.6 is 0 Å². The molecule has 30 heavy (non-hydrogen) atoms. The van der Waals surface area contributed by atoms with Gasteiger partial charge < -0.3 is 26.4 Å². The lowest BCUT2D eigenvalue weighted by atomic mass is 10.1. The quantitative estimate of drug-likeness (QED) is 0.482. The lowest BCUT2D eigenvalue weighted by Crippen LogP contribution is -2.50. The van der Waals surface area contributed by atoms with E-state index in [2.05, 4.69) is 39.9 Å². The maximum absolute atomic E-state index is 12.4. The standard InChI is InChI=1S/C22H30N6O2/c23-11-18(24)6-8-30-14-21(29)28-7-5-20-17(13-28)12-25-22(27-20)26-19-9-15-3-1-2-4-16(15)10-19/h1-4,11-12,19,22,26-27H,5-10,13-14,23-24H2/b18-11-. The molecule has 0 fully saturated rings. The van der Waals surface area contributed by atoms with Gasteiger partial charge in [0.2, 0.25) is 5.91 Å². The lowest BCUT2D eigenvalue weighted by molar-refractivity contribution is -0.135. The van der Waals surface area contributed by atoms with Gasteiger partial charge in [0.1, 0.15) is 6.61 Å². The lowest BCUT2D eigenvalue weighted by Gasteiger charge is -2.34. The highest BCUT2D eigenvalue weighted by Gasteiger charge is 2.28. The zero-order valence-electron chi connectivity index (χ0n) is 17.1. The second-order valence-corrected chi connectivity index (χ2v) is 7.98. The third kappa shape index (κ3) is 4.83. The highest BCUT2D eigenvalue weighted by molar-refractivity contribution is 5.85. The van der Waals surface area contributed by atoms with E-state index in [1.807, 2.05) is 11.1 Å². The number of rotatable bonds is 7. The Morgan fingerprint density at radius 1 is 1.33 bits per heavy atom. The van der Waals surface area contributed by atoms with E-state index in [0.717, 1.165) is 24.8 Å². The van der Waals surface area contributed by atoms with Crippen molar-refractivity contribution in [1.82, 2.24) is 15.5 Å². The number of carbonyl (C=O) groups is 1. The summed E-state index contributed by atoms with van der Waals surface area (Å²) in [6.45, 7) is 1.67. The molecule has 0 bridgehead atoms. The molecule has 0 spiro atoms. The van der Waals surface area contributed by atoms with E-state index in [9.17, 15) is 4.79 Å². The highest BCUT2D eigenvalue weighted by atomic mass is 16.5. The van der Waals surface area contributed by atoms with E-state index in [-0.39, 0.29) is 18.8 Å². The molecule has 2 aliphatic heterocycles. The second-order valence-electron chi connectivity index (χ2n) is 7.98. The summed E-state index contributed by atoms with van der Waals surface area (Å²) in [5, 5.41) is 7.12. The van der Waals surface area contributed by atoms with Crippen LogP contribution in [0.15, 0.2) is 52.4 Å². The Kier molecular flexibility index (Phi) is 6.35. The Balaban J connectivity index is 1.23. The fourth-order valence-corrected chi connectivity index (χ4v) is 4.16. The van der Waals surface area contributed by atoms with Crippen molar-refractivity contribution in [1.29, 1.82) is 0 Å². The van der Waals surface area contributed by atoms with Gasteiger partial charge in [0.25, 0.3) is 0 Å². The molecule has 6 N–H and O–H groups in total. The fourth-order valence-electron chi connectivity index (χ4n) is 4.16. The van der Waals surface area contributed by atoms with Gasteiger partial charge in [0.05, 0.1) is 6.61 Å². The monoisotopic (exact) mass is 410 g/mol. The molecule has 2 heterocycles. The number of fused-ring (bicyclic) bond motifs is 1. The molecule has 4 rings (SSSR count). The first-order chi connectivity index (χ1) is 14.6. The number of nitrogens with one attached hydrogen (secondary N) is 2. The van der Waals surface area contributed by atoms with Crippen LogP contribution in [0.1, 0.15) is 24.0 Å². The molecule has 1 aliphatic carbocycles. The number of amides is 1. The summed E-state index contributed by atoms with van der Waals surface area (Å²) < 4.78 is 5.43. The molecule has 1 aromatic rings. The molecule has 8 heteroatoms. The van der Waals surface area contributed by atoms with Gasteiger partial charge in [-0.1, -0.05) is 24.3 Å². The number of nitrogens with two attached hydrogens (primary N) is 2. The average molecular weight is 411 g/mol. The molecule has 1 atom stereocenters. The van der Waals surface area contributed by atoms with Gasteiger partial charge in [0.15, 0.2) is 6.29 Å².